The molecule has 17 atom stereocenters. The second-order valence-corrected chi connectivity index (χ2v) is 24.6. The van der Waals surface area contributed by atoms with Gasteiger partial charge in [-0.2, -0.15) is 0 Å². The topological polar surface area (TPSA) is 307 Å². The maximum Gasteiger partial charge on any atom is 0.220 e. The third-order valence-electron chi connectivity index (χ3n) is 17.3. The lowest BCUT2D eigenvalue weighted by atomic mass is 9.96. The van der Waals surface area contributed by atoms with Crippen LogP contribution in [0.2, 0.25) is 0 Å². The summed E-state index contributed by atoms with van der Waals surface area (Å²) in [6.45, 7) is 1.82. The Labute approximate surface area is 506 Å². The molecule has 0 bridgehead atoms. The molecule has 1 amide bonds. The number of aliphatic hydroxyl groups is 11. The highest BCUT2D eigenvalue weighted by Crippen LogP contribution is 2.33. The molecule has 3 rings (SSSR count). The monoisotopic (exact) mass is 1210 g/mol. The van der Waals surface area contributed by atoms with E-state index in [1.807, 2.05) is 0 Å². The summed E-state index contributed by atoms with van der Waals surface area (Å²) in [6.07, 6.45) is 24.3. The van der Waals surface area contributed by atoms with Crippen LogP contribution in [0.15, 0.2) is 12.2 Å². The largest absolute Gasteiger partial charge is 0.394 e. The zero-order chi connectivity index (χ0) is 61.2. The van der Waals surface area contributed by atoms with Gasteiger partial charge in [-0.1, -0.05) is 231 Å². The summed E-state index contributed by atoms with van der Waals surface area (Å²) >= 11 is 0. The molecule has 19 nitrogen and oxygen atoms in total. The lowest BCUT2D eigenvalue weighted by Gasteiger charge is -2.48. The Morgan fingerprint density at radius 1 is 0.417 bits per heavy atom. The van der Waals surface area contributed by atoms with Gasteiger partial charge in [0, 0.05) is 6.42 Å². The molecule has 0 spiro atoms. The Hall–Kier alpha value is -1.47. The van der Waals surface area contributed by atoms with Crippen molar-refractivity contribution in [3.8, 4) is 0 Å². The molecule has 0 aromatic carbocycles. The Bertz CT molecular complexity index is 1580. The van der Waals surface area contributed by atoms with E-state index in [0.717, 1.165) is 57.8 Å². The van der Waals surface area contributed by atoms with Gasteiger partial charge in [-0.15, -0.1) is 0 Å². The van der Waals surface area contributed by atoms with Gasteiger partial charge in [-0.05, 0) is 38.5 Å². The Morgan fingerprint density at radius 3 is 1.15 bits per heavy atom. The number of carbonyl (C=O) groups is 1. The molecule has 3 heterocycles. The lowest BCUT2D eigenvalue weighted by Crippen LogP contribution is -2.66. The SMILES string of the molecule is CCCCCCCCC/C=C\CCCCCCCCCC(=O)NC(COC1OC(CO)C(OC2OC(CO)C(OC3OC(CO)C(O)C(O)C3O)C(O)C2O)C(O)C1O)C(O)CCCCCCCCCCCCCCCCCCCCCCC. The molecular formula is C65H123NO18. The number of aliphatic hydroxyl groups excluding tert-OH is 11. The van der Waals surface area contributed by atoms with Gasteiger partial charge in [0.15, 0.2) is 18.9 Å². The standard InChI is InChI=1S/C65H123NO18/c1-3-5-7-9-11-13-15-17-19-21-23-24-25-26-28-30-32-34-36-38-40-42-49(70)48(66-53(71)43-41-39-37-35-33-31-29-27-22-20-18-16-14-12-10-8-6-4-2)47-79-63-59(77)56(74)61(51(45-68)81-63)84-65-60(78)57(75)62(52(46-69)82-65)83-64-58(76)55(73)54(72)50(44-67)80-64/h20,22,48-52,54-65,67-70,72-78H,3-19,21,23-47H2,1-2H3,(H,66,71)/b22-20-. The second kappa shape index (κ2) is 48.4. The molecule has 0 aliphatic carbocycles. The van der Waals surface area contributed by atoms with Gasteiger partial charge in [0.25, 0.3) is 0 Å². The van der Waals surface area contributed by atoms with E-state index < -0.39 is 124 Å². The summed E-state index contributed by atoms with van der Waals surface area (Å²) in [5.74, 6) is -0.244. The van der Waals surface area contributed by atoms with E-state index in [1.54, 1.807) is 0 Å². The number of nitrogens with one attached hydrogen (secondary N) is 1. The van der Waals surface area contributed by atoms with Crippen LogP contribution >= 0.6 is 0 Å². The van der Waals surface area contributed by atoms with E-state index >= 15 is 0 Å². The molecule has 19 heteroatoms. The highest BCUT2D eigenvalue weighted by atomic mass is 16.8. The number of amides is 1. The smallest absolute Gasteiger partial charge is 0.220 e. The molecule has 0 aromatic heterocycles. The Kier molecular flexibility index (Phi) is 44.2. The Balaban J connectivity index is 1.45. The van der Waals surface area contributed by atoms with Crippen molar-refractivity contribution in [2.45, 2.75) is 369 Å². The summed E-state index contributed by atoms with van der Waals surface area (Å²) in [5, 5.41) is 121. The number of carbonyl (C=O) groups excluding carboxylic acids is 1. The summed E-state index contributed by atoms with van der Waals surface area (Å²) in [4.78, 5) is 13.4. The first kappa shape index (κ1) is 76.8. The van der Waals surface area contributed by atoms with Crippen LogP contribution < -0.4 is 5.32 Å². The molecule has 496 valence electrons. The minimum Gasteiger partial charge on any atom is -0.394 e. The molecule has 3 saturated heterocycles. The fraction of sp³-hybridized carbons (Fsp3) is 0.954. The van der Waals surface area contributed by atoms with Crippen LogP contribution in [0.25, 0.3) is 0 Å². The predicted molar refractivity (Wildman–Crippen MR) is 323 cm³/mol. The zero-order valence-corrected chi connectivity index (χ0v) is 52.2. The van der Waals surface area contributed by atoms with Crippen molar-refractivity contribution >= 4 is 5.91 Å². The van der Waals surface area contributed by atoms with Crippen molar-refractivity contribution in [3.05, 3.63) is 12.2 Å². The molecule has 3 aliphatic heterocycles. The molecular weight excluding hydrogens is 1080 g/mol. The molecule has 0 radical (unpaired) electrons. The third kappa shape index (κ3) is 30.8. The van der Waals surface area contributed by atoms with E-state index in [0.29, 0.717) is 12.8 Å². The fourth-order valence-corrected chi connectivity index (χ4v) is 11.8. The number of ether oxygens (including phenoxy) is 6. The zero-order valence-electron chi connectivity index (χ0n) is 52.2. The van der Waals surface area contributed by atoms with Gasteiger partial charge in [0.05, 0.1) is 38.6 Å². The van der Waals surface area contributed by atoms with Crippen LogP contribution in [0.5, 0.6) is 0 Å². The maximum absolute atomic E-state index is 13.4. The highest BCUT2D eigenvalue weighted by molar-refractivity contribution is 5.76. The van der Waals surface area contributed by atoms with Crippen LogP contribution in [-0.2, 0) is 33.2 Å². The van der Waals surface area contributed by atoms with Crippen LogP contribution in [0.3, 0.4) is 0 Å². The average Bonchev–Trinajstić information content (AvgIpc) is 2.97. The van der Waals surface area contributed by atoms with Gasteiger partial charge in [-0.25, -0.2) is 0 Å². The molecule has 17 unspecified atom stereocenters. The van der Waals surface area contributed by atoms with Crippen molar-refractivity contribution < 1.29 is 89.4 Å². The van der Waals surface area contributed by atoms with Crippen molar-refractivity contribution in [2.24, 2.45) is 0 Å². The van der Waals surface area contributed by atoms with Crippen LogP contribution in [-0.4, -0.2) is 193 Å². The van der Waals surface area contributed by atoms with Crippen molar-refractivity contribution in [2.75, 3.05) is 26.4 Å². The highest BCUT2D eigenvalue weighted by Gasteiger charge is 2.53. The molecule has 0 aromatic rings. The number of rotatable bonds is 52. The van der Waals surface area contributed by atoms with Crippen LogP contribution in [0.1, 0.15) is 264 Å². The van der Waals surface area contributed by atoms with Crippen molar-refractivity contribution in [3.63, 3.8) is 0 Å². The normalized spacial score (nSPS) is 29.2. The third-order valence-corrected chi connectivity index (χ3v) is 17.3. The first-order valence-corrected chi connectivity index (χ1v) is 33.9. The minimum atomic E-state index is -1.97. The van der Waals surface area contributed by atoms with Gasteiger partial charge in [0.2, 0.25) is 5.91 Å². The first-order chi connectivity index (χ1) is 40.8. The predicted octanol–water partition coefficient (Wildman–Crippen LogP) is 8.11. The number of unbranched alkanes of at least 4 members (excludes halogenated alkanes) is 34. The number of allylic oxidation sites excluding steroid dienone is 2. The molecule has 12 N–H and O–H groups in total. The second-order valence-electron chi connectivity index (χ2n) is 24.6. The summed E-state index contributed by atoms with van der Waals surface area (Å²) in [6, 6.07) is -0.887. The van der Waals surface area contributed by atoms with E-state index in [1.165, 1.54) is 173 Å². The van der Waals surface area contributed by atoms with Crippen molar-refractivity contribution in [1.29, 1.82) is 0 Å². The number of hydrogen-bond acceptors (Lipinski definition) is 18. The minimum absolute atomic E-state index is 0.244. The van der Waals surface area contributed by atoms with Crippen LogP contribution in [0, 0.1) is 0 Å². The molecule has 84 heavy (non-hydrogen) atoms. The van der Waals surface area contributed by atoms with Crippen molar-refractivity contribution in [1.82, 2.24) is 5.32 Å². The van der Waals surface area contributed by atoms with Gasteiger partial charge in [0.1, 0.15) is 73.2 Å². The Morgan fingerprint density at radius 2 is 0.750 bits per heavy atom. The molecule has 3 fully saturated rings. The van der Waals surface area contributed by atoms with Gasteiger partial charge < -0.3 is 89.9 Å². The maximum atomic E-state index is 13.4. The van der Waals surface area contributed by atoms with Crippen LogP contribution in [0.4, 0.5) is 0 Å². The van der Waals surface area contributed by atoms with Gasteiger partial charge in [-0.3, -0.25) is 4.79 Å². The fourth-order valence-electron chi connectivity index (χ4n) is 11.8. The van der Waals surface area contributed by atoms with E-state index in [2.05, 4.69) is 31.3 Å². The van der Waals surface area contributed by atoms with E-state index in [9.17, 15) is 61.0 Å². The average molecular weight is 1210 g/mol. The molecule has 0 saturated carbocycles. The number of hydrogen-bond donors (Lipinski definition) is 12. The lowest BCUT2D eigenvalue weighted by molar-refractivity contribution is -0.379. The molecule has 3 aliphatic rings. The van der Waals surface area contributed by atoms with Gasteiger partial charge >= 0.3 is 0 Å². The summed E-state index contributed by atoms with van der Waals surface area (Å²) in [5.41, 5.74) is 0. The first-order valence-electron chi connectivity index (χ1n) is 33.9. The quantitative estimate of drug-likeness (QED) is 0.0202. The summed E-state index contributed by atoms with van der Waals surface area (Å²) < 4.78 is 34.4. The van der Waals surface area contributed by atoms with E-state index in [4.69, 9.17) is 28.4 Å². The van der Waals surface area contributed by atoms with E-state index in [-0.39, 0.29) is 18.9 Å². The summed E-state index contributed by atoms with van der Waals surface area (Å²) in [7, 11) is 0.